The molecule has 0 aromatic carbocycles. The second kappa shape index (κ2) is 6.94. The molecule has 1 aliphatic carbocycles. The lowest BCUT2D eigenvalue weighted by molar-refractivity contribution is 0.103. The molecule has 1 fully saturated rings. The van der Waals surface area contributed by atoms with E-state index in [0.717, 1.165) is 54.7 Å². The van der Waals surface area contributed by atoms with E-state index >= 15 is 0 Å². The molecule has 1 amide bonds. The van der Waals surface area contributed by atoms with E-state index in [1.54, 1.807) is 22.7 Å². The fraction of sp³-hybridized carbons (Fsp3) is 0.556. The SMILES string of the molecule is CC1CCc2sc(C(=O)Nc3ncc(C4CCNCC4)s3)cc2C1. The number of nitrogens with zero attached hydrogens (tertiary/aromatic N) is 1. The highest BCUT2D eigenvalue weighted by Crippen LogP contribution is 2.34. The summed E-state index contributed by atoms with van der Waals surface area (Å²) in [6.07, 6.45) is 7.72. The van der Waals surface area contributed by atoms with Gasteiger partial charge in [-0.1, -0.05) is 6.92 Å². The van der Waals surface area contributed by atoms with Crippen LogP contribution in [0.2, 0.25) is 0 Å². The molecule has 2 aromatic rings. The predicted molar refractivity (Wildman–Crippen MR) is 100 cm³/mol. The molecular formula is C18H23N3OS2. The Morgan fingerprint density at radius 3 is 2.96 bits per heavy atom. The molecule has 128 valence electrons. The summed E-state index contributed by atoms with van der Waals surface area (Å²) < 4.78 is 0. The number of piperidine rings is 1. The quantitative estimate of drug-likeness (QED) is 0.867. The van der Waals surface area contributed by atoms with Crippen LogP contribution >= 0.6 is 22.7 Å². The maximum absolute atomic E-state index is 12.6. The molecule has 2 N–H and O–H groups in total. The number of aromatic nitrogens is 1. The number of hydrogen-bond donors (Lipinski definition) is 2. The molecule has 0 radical (unpaired) electrons. The summed E-state index contributed by atoms with van der Waals surface area (Å²) in [6.45, 7) is 4.44. The lowest BCUT2D eigenvalue weighted by atomic mass is 9.90. The van der Waals surface area contributed by atoms with Crippen molar-refractivity contribution in [1.82, 2.24) is 10.3 Å². The number of carbonyl (C=O) groups excluding carboxylic acids is 1. The standard InChI is InChI=1S/C18H23N3OS2/c1-11-2-3-14-13(8-11)9-15(23-14)17(22)21-18-20-10-16(24-18)12-4-6-19-7-5-12/h9-12,19H,2-8H2,1H3,(H,20,21,22). The van der Waals surface area contributed by atoms with Gasteiger partial charge in [0.2, 0.25) is 0 Å². The van der Waals surface area contributed by atoms with Gasteiger partial charge in [0.05, 0.1) is 4.88 Å². The van der Waals surface area contributed by atoms with Crippen LogP contribution in [0.1, 0.15) is 57.1 Å². The summed E-state index contributed by atoms with van der Waals surface area (Å²) in [5.41, 5.74) is 1.37. The molecule has 0 spiro atoms. The van der Waals surface area contributed by atoms with E-state index in [1.807, 2.05) is 6.20 Å². The molecule has 0 saturated carbocycles. The second-order valence-corrected chi connectivity index (χ2v) is 9.15. The van der Waals surface area contributed by atoms with Crippen molar-refractivity contribution in [3.05, 3.63) is 32.5 Å². The minimum atomic E-state index is -0.00624. The van der Waals surface area contributed by atoms with Crippen molar-refractivity contribution >= 4 is 33.7 Å². The zero-order chi connectivity index (χ0) is 16.5. The van der Waals surface area contributed by atoms with Gasteiger partial charge in [-0.3, -0.25) is 10.1 Å². The van der Waals surface area contributed by atoms with Gasteiger partial charge in [-0.25, -0.2) is 4.98 Å². The summed E-state index contributed by atoms with van der Waals surface area (Å²) in [6, 6.07) is 2.09. The van der Waals surface area contributed by atoms with Crippen LogP contribution in [-0.2, 0) is 12.8 Å². The Bertz CT molecular complexity index is 730. The van der Waals surface area contributed by atoms with Gasteiger partial charge in [-0.2, -0.15) is 0 Å². The van der Waals surface area contributed by atoms with Crippen LogP contribution in [-0.4, -0.2) is 24.0 Å². The van der Waals surface area contributed by atoms with Crippen molar-refractivity contribution in [2.75, 3.05) is 18.4 Å². The lowest BCUT2D eigenvalue weighted by Crippen LogP contribution is -2.26. The largest absolute Gasteiger partial charge is 0.317 e. The van der Waals surface area contributed by atoms with Gasteiger partial charge in [0.15, 0.2) is 5.13 Å². The van der Waals surface area contributed by atoms with Crippen LogP contribution in [0.4, 0.5) is 5.13 Å². The van der Waals surface area contributed by atoms with Gasteiger partial charge in [-0.05, 0) is 68.7 Å². The van der Waals surface area contributed by atoms with E-state index in [1.165, 1.54) is 21.7 Å². The number of hydrogen-bond acceptors (Lipinski definition) is 5. The highest BCUT2D eigenvalue weighted by Gasteiger charge is 2.22. The fourth-order valence-electron chi connectivity index (χ4n) is 3.62. The molecule has 2 aliphatic rings. The van der Waals surface area contributed by atoms with Gasteiger partial charge in [-0.15, -0.1) is 22.7 Å². The van der Waals surface area contributed by atoms with Gasteiger partial charge in [0.1, 0.15) is 0 Å². The predicted octanol–water partition coefficient (Wildman–Crippen LogP) is 4.05. The van der Waals surface area contributed by atoms with E-state index in [4.69, 9.17) is 0 Å². The number of aryl methyl sites for hydroxylation is 1. The van der Waals surface area contributed by atoms with Gasteiger partial charge < -0.3 is 5.32 Å². The van der Waals surface area contributed by atoms with Crippen molar-refractivity contribution in [3.63, 3.8) is 0 Å². The van der Waals surface area contributed by atoms with E-state index in [9.17, 15) is 4.79 Å². The van der Waals surface area contributed by atoms with Gasteiger partial charge in [0, 0.05) is 16.0 Å². The van der Waals surface area contributed by atoms with E-state index in [-0.39, 0.29) is 5.91 Å². The fourth-order valence-corrected chi connectivity index (χ4v) is 5.70. The summed E-state index contributed by atoms with van der Waals surface area (Å²) in [4.78, 5) is 20.5. The number of carbonyl (C=O) groups is 1. The topological polar surface area (TPSA) is 54.0 Å². The summed E-state index contributed by atoms with van der Waals surface area (Å²) in [5, 5.41) is 7.12. The molecule has 1 unspecified atom stereocenters. The molecule has 3 heterocycles. The number of thiazole rings is 1. The van der Waals surface area contributed by atoms with E-state index < -0.39 is 0 Å². The van der Waals surface area contributed by atoms with Crippen LogP contribution < -0.4 is 10.6 Å². The third kappa shape index (κ3) is 3.41. The van der Waals surface area contributed by atoms with E-state index in [0.29, 0.717) is 5.92 Å². The van der Waals surface area contributed by atoms with Crippen molar-refractivity contribution in [2.24, 2.45) is 5.92 Å². The Balaban J connectivity index is 1.44. The first-order chi connectivity index (χ1) is 11.7. The van der Waals surface area contributed by atoms with Crippen molar-refractivity contribution in [1.29, 1.82) is 0 Å². The van der Waals surface area contributed by atoms with Gasteiger partial charge >= 0.3 is 0 Å². The summed E-state index contributed by atoms with van der Waals surface area (Å²) >= 11 is 3.29. The Kier molecular flexibility index (Phi) is 4.70. The average Bonchev–Trinajstić information content (AvgIpc) is 3.22. The first-order valence-electron chi connectivity index (χ1n) is 8.78. The Labute approximate surface area is 150 Å². The molecule has 4 nitrogen and oxygen atoms in total. The summed E-state index contributed by atoms with van der Waals surface area (Å²) in [5.74, 6) is 1.31. The average molecular weight is 362 g/mol. The number of nitrogens with one attached hydrogen (secondary N) is 2. The number of rotatable bonds is 3. The molecule has 4 rings (SSSR count). The van der Waals surface area contributed by atoms with Crippen LogP contribution in [0.3, 0.4) is 0 Å². The molecule has 1 atom stereocenters. The Morgan fingerprint density at radius 2 is 2.12 bits per heavy atom. The van der Waals surface area contributed by atoms with Crippen LogP contribution in [0.5, 0.6) is 0 Å². The molecule has 0 bridgehead atoms. The Morgan fingerprint density at radius 1 is 1.29 bits per heavy atom. The molecular weight excluding hydrogens is 338 g/mol. The van der Waals surface area contributed by atoms with Crippen LogP contribution in [0.25, 0.3) is 0 Å². The first-order valence-corrected chi connectivity index (χ1v) is 10.4. The third-order valence-electron chi connectivity index (χ3n) is 5.04. The maximum atomic E-state index is 12.6. The molecule has 1 aliphatic heterocycles. The number of anilines is 1. The number of fused-ring (bicyclic) bond motifs is 1. The maximum Gasteiger partial charge on any atom is 0.267 e. The van der Waals surface area contributed by atoms with Crippen LogP contribution in [0.15, 0.2) is 12.3 Å². The highest BCUT2D eigenvalue weighted by atomic mass is 32.1. The monoisotopic (exact) mass is 361 g/mol. The van der Waals surface area contributed by atoms with Crippen molar-refractivity contribution in [2.45, 2.75) is 44.9 Å². The van der Waals surface area contributed by atoms with Crippen molar-refractivity contribution in [3.8, 4) is 0 Å². The van der Waals surface area contributed by atoms with E-state index in [2.05, 4.69) is 28.6 Å². The number of thiophene rings is 1. The molecule has 6 heteroatoms. The van der Waals surface area contributed by atoms with Crippen LogP contribution in [0, 0.1) is 5.92 Å². The molecule has 2 aromatic heterocycles. The molecule has 1 saturated heterocycles. The Hall–Kier alpha value is -1.24. The minimum Gasteiger partial charge on any atom is -0.317 e. The lowest BCUT2D eigenvalue weighted by Gasteiger charge is -2.20. The van der Waals surface area contributed by atoms with Gasteiger partial charge in [0.25, 0.3) is 5.91 Å². The smallest absolute Gasteiger partial charge is 0.267 e. The zero-order valence-electron chi connectivity index (χ0n) is 13.9. The normalized spacial score (nSPS) is 21.5. The minimum absolute atomic E-state index is 0.00624. The molecule has 24 heavy (non-hydrogen) atoms. The highest BCUT2D eigenvalue weighted by molar-refractivity contribution is 7.16. The van der Waals surface area contributed by atoms with Crippen molar-refractivity contribution < 1.29 is 4.79 Å². The summed E-state index contributed by atoms with van der Waals surface area (Å²) in [7, 11) is 0. The third-order valence-corrected chi connectivity index (χ3v) is 7.35. The second-order valence-electron chi connectivity index (χ2n) is 6.95. The zero-order valence-corrected chi connectivity index (χ0v) is 15.6. The first kappa shape index (κ1) is 16.2. The number of amides is 1.